The number of piperidine rings is 1. The highest BCUT2D eigenvalue weighted by Gasteiger charge is 2.30. The molecule has 0 amide bonds. The van der Waals surface area contributed by atoms with Crippen LogP contribution in [-0.2, 0) is 10.0 Å². The number of likely N-dealkylation sites (tertiary alicyclic amines) is 1. The second-order valence-electron chi connectivity index (χ2n) is 7.52. The fraction of sp³-hybridized carbons (Fsp3) is 0.667. The summed E-state index contributed by atoms with van der Waals surface area (Å²) in [6.07, 6.45) is 1.81. The summed E-state index contributed by atoms with van der Waals surface area (Å²) in [5.41, 5.74) is -0.453. The van der Waals surface area contributed by atoms with E-state index in [1.807, 2.05) is 4.90 Å². The molecule has 1 aromatic rings. The van der Waals surface area contributed by atoms with Gasteiger partial charge in [0.15, 0.2) is 5.75 Å². The minimum atomic E-state index is -3.77. The Balaban J connectivity index is 1.66. The van der Waals surface area contributed by atoms with Crippen molar-refractivity contribution in [3.63, 3.8) is 0 Å². The van der Waals surface area contributed by atoms with E-state index in [1.54, 1.807) is 0 Å². The van der Waals surface area contributed by atoms with E-state index in [9.17, 15) is 28.7 Å². The number of aliphatic hydroxyl groups excluding tert-OH is 2. The van der Waals surface area contributed by atoms with Crippen molar-refractivity contribution in [3.05, 3.63) is 28.3 Å². The van der Waals surface area contributed by atoms with Gasteiger partial charge in [0.05, 0.1) is 15.9 Å². The van der Waals surface area contributed by atoms with E-state index in [4.69, 9.17) is 4.74 Å². The molecule has 10 nitrogen and oxygen atoms in total. The van der Waals surface area contributed by atoms with E-state index >= 15 is 0 Å². The van der Waals surface area contributed by atoms with Crippen LogP contribution in [0.25, 0.3) is 0 Å². The van der Waals surface area contributed by atoms with Crippen LogP contribution in [0.5, 0.6) is 5.75 Å². The molecule has 2 fully saturated rings. The molecule has 2 aliphatic rings. The maximum Gasteiger partial charge on any atom is 0.312 e. The number of nitrogens with zero attached hydrogens (tertiary/aromatic N) is 3. The number of sulfonamides is 1. The van der Waals surface area contributed by atoms with Crippen LogP contribution in [0.1, 0.15) is 25.7 Å². The molecule has 3 rings (SSSR count). The maximum absolute atomic E-state index is 12.6. The summed E-state index contributed by atoms with van der Waals surface area (Å²) in [6, 6.07) is 3.57. The molecule has 29 heavy (non-hydrogen) atoms. The van der Waals surface area contributed by atoms with E-state index in [-0.39, 0.29) is 23.8 Å². The summed E-state index contributed by atoms with van der Waals surface area (Å²) in [4.78, 5) is 12.5. The highest BCUT2D eigenvalue weighted by molar-refractivity contribution is 7.89. The lowest BCUT2D eigenvalue weighted by Gasteiger charge is -2.31. The third kappa shape index (κ3) is 5.43. The predicted molar refractivity (Wildman–Crippen MR) is 104 cm³/mol. The molecule has 11 heteroatoms. The van der Waals surface area contributed by atoms with E-state index in [1.165, 1.54) is 16.4 Å². The number of hydrogen-bond acceptors (Lipinski definition) is 8. The van der Waals surface area contributed by atoms with Crippen molar-refractivity contribution < 1.29 is 28.3 Å². The van der Waals surface area contributed by atoms with Gasteiger partial charge in [0.2, 0.25) is 10.0 Å². The Labute approximate surface area is 169 Å². The molecule has 0 saturated carbocycles. The number of β-amino-alcohol motifs (C(OH)–C–C–N with tert-alkyl or cyclic N) is 2. The van der Waals surface area contributed by atoms with Gasteiger partial charge in [-0.3, -0.25) is 15.0 Å². The van der Waals surface area contributed by atoms with Gasteiger partial charge in [-0.15, -0.1) is 0 Å². The monoisotopic (exact) mass is 429 g/mol. The van der Waals surface area contributed by atoms with Gasteiger partial charge in [-0.1, -0.05) is 0 Å². The van der Waals surface area contributed by atoms with Gasteiger partial charge in [0, 0.05) is 32.2 Å². The molecule has 1 aromatic carbocycles. The van der Waals surface area contributed by atoms with E-state index in [0.717, 1.165) is 38.3 Å². The zero-order valence-electron chi connectivity index (χ0n) is 16.1. The number of nitro groups is 1. The minimum Gasteiger partial charge on any atom is -0.484 e. The minimum absolute atomic E-state index is 0.0897. The van der Waals surface area contributed by atoms with Crippen LogP contribution >= 0.6 is 0 Å². The van der Waals surface area contributed by atoms with Crippen molar-refractivity contribution in [1.29, 1.82) is 0 Å². The first-order valence-corrected chi connectivity index (χ1v) is 11.2. The molecule has 0 bridgehead atoms. The first-order chi connectivity index (χ1) is 13.8. The van der Waals surface area contributed by atoms with Crippen LogP contribution in [0, 0.1) is 10.1 Å². The third-order valence-corrected chi connectivity index (χ3v) is 7.11. The molecule has 2 N–H and O–H groups in total. The van der Waals surface area contributed by atoms with Crippen LogP contribution in [-0.4, -0.2) is 84.3 Å². The van der Waals surface area contributed by atoms with Crippen LogP contribution in [0.3, 0.4) is 0 Å². The maximum atomic E-state index is 12.6. The Kier molecular flexibility index (Phi) is 7.06. The Morgan fingerprint density at radius 2 is 1.97 bits per heavy atom. The first-order valence-electron chi connectivity index (χ1n) is 9.77. The van der Waals surface area contributed by atoms with Gasteiger partial charge in [-0.2, -0.15) is 4.31 Å². The number of benzene rings is 1. The molecule has 0 spiro atoms. The van der Waals surface area contributed by atoms with E-state index < -0.39 is 32.8 Å². The van der Waals surface area contributed by atoms with Gasteiger partial charge in [-0.25, -0.2) is 8.42 Å². The van der Waals surface area contributed by atoms with Crippen LogP contribution < -0.4 is 4.74 Å². The molecule has 0 aliphatic carbocycles. The SMILES string of the molecule is O=[N+]([O-])c1cc(S(=O)(=O)N2CCCC2)ccc1OCC(O)CN1CCCC(O)C1. The zero-order chi connectivity index (χ0) is 21.0. The second kappa shape index (κ2) is 9.35. The van der Waals surface area contributed by atoms with Gasteiger partial charge in [0.1, 0.15) is 12.7 Å². The van der Waals surface area contributed by atoms with Gasteiger partial charge in [-0.05, 0) is 44.4 Å². The average Bonchev–Trinajstić information content (AvgIpc) is 3.22. The van der Waals surface area contributed by atoms with Crippen LogP contribution in [0.4, 0.5) is 5.69 Å². The standard InChI is InChI=1S/C18H27N3O7S/c22-14-4-3-7-19(11-14)12-15(23)13-28-18-6-5-16(10-17(18)21(24)25)29(26,27)20-8-1-2-9-20/h5-6,10,14-15,22-23H,1-4,7-9,11-13H2. The summed E-state index contributed by atoms with van der Waals surface area (Å²) >= 11 is 0. The number of nitro benzene ring substituents is 1. The molecule has 0 aromatic heterocycles. The normalized spacial score (nSPS) is 22.5. The van der Waals surface area contributed by atoms with Gasteiger partial charge < -0.3 is 14.9 Å². The highest BCUT2D eigenvalue weighted by Crippen LogP contribution is 2.32. The third-order valence-electron chi connectivity index (χ3n) is 5.21. The van der Waals surface area contributed by atoms with E-state index in [2.05, 4.69) is 0 Å². The van der Waals surface area contributed by atoms with Crippen molar-refractivity contribution >= 4 is 15.7 Å². The molecule has 2 unspecified atom stereocenters. The number of hydrogen-bond donors (Lipinski definition) is 2. The molecule has 2 saturated heterocycles. The van der Waals surface area contributed by atoms with Gasteiger partial charge in [0.25, 0.3) is 0 Å². The topological polar surface area (TPSA) is 133 Å². The molecule has 162 valence electrons. The summed E-state index contributed by atoms with van der Waals surface area (Å²) in [5.74, 6) is -0.0897. The lowest BCUT2D eigenvalue weighted by Crippen LogP contribution is -2.43. The fourth-order valence-corrected chi connectivity index (χ4v) is 5.27. The molecule has 2 aliphatic heterocycles. The molecular formula is C18H27N3O7S. The molecule has 2 atom stereocenters. The largest absolute Gasteiger partial charge is 0.484 e. The van der Waals surface area contributed by atoms with Crippen LogP contribution in [0.2, 0.25) is 0 Å². The smallest absolute Gasteiger partial charge is 0.312 e. The van der Waals surface area contributed by atoms with Crippen molar-refractivity contribution in [2.75, 3.05) is 39.3 Å². The van der Waals surface area contributed by atoms with E-state index in [0.29, 0.717) is 19.6 Å². The van der Waals surface area contributed by atoms with Crippen molar-refractivity contribution in [1.82, 2.24) is 9.21 Å². The first kappa shape index (κ1) is 21.9. The number of rotatable bonds is 8. The fourth-order valence-electron chi connectivity index (χ4n) is 3.73. The predicted octanol–water partition coefficient (Wildman–Crippen LogP) is 0.576. The Morgan fingerprint density at radius 3 is 2.62 bits per heavy atom. The Hall–Kier alpha value is -1.79. The summed E-state index contributed by atoms with van der Waals surface area (Å²) in [5, 5.41) is 31.3. The Bertz CT molecular complexity index is 827. The van der Waals surface area contributed by atoms with Crippen molar-refractivity contribution in [2.24, 2.45) is 0 Å². The summed E-state index contributed by atoms with van der Waals surface area (Å²) < 4.78 is 32.0. The average molecular weight is 429 g/mol. The molecular weight excluding hydrogens is 402 g/mol. The lowest BCUT2D eigenvalue weighted by atomic mass is 10.1. The van der Waals surface area contributed by atoms with Crippen molar-refractivity contribution in [3.8, 4) is 5.75 Å². The zero-order valence-corrected chi connectivity index (χ0v) is 17.0. The lowest BCUT2D eigenvalue weighted by molar-refractivity contribution is -0.386. The number of aliphatic hydroxyl groups is 2. The summed E-state index contributed by atoms with van der Waals surface area (Å²) in [7, 11) is -3.77. The Morgan fingerprint density at radius 1 is 1.24 bits per heavy atom. The second-order valence-corrected chi connectivity index (χ2v) is 9.46. The van der Waals surface area contributed by atoms with Crippen LogP contribution in [0.15, 0.2) is 23.1 Å². The quantitative estimate of drug-likeness (QED) is 0.453. The number of ether oxygens (including phenoxy) is 1. The molecule has 2 heterocycles. The van der Waals surface area contributed by atoms with Crippen molar-refractivity contribution in [2.45, 2.75) is 42.8 Å². The van der Waals surface area contributed by atoms with Gasteiger partial charge >= 0.3 is 5.69 Å². The summed E-state index contributed by atoms with van der Waals surface area (Å²) in [6.45, 7) is 2.16. The highest BCUT2D eigenvalue weighted by atomic mass is 32.2. The molecule has 0 radical (unpaired) electrons.